The van der Waals surface area contributed by atoms with Crippen molar-refractivity contribution >= 4 is 39.2 Å². The van der Waals surface area contributed by atoms with Crippen molar-refractivity contribution in [3.63, 3.8) is 0 Å². The fourth-order valence-corrected chi connectivity index (χ4v) is 5.14. The van der Waals surface area contributed by atoms with E-state index in [0.29, 0.717) is 44.0 Å². The monoisotopic (exact) mass is 485 g/mol. The van der Waals surface area contributed by atoms with E-state index in [1.54, 1.807) is 22.9 Å². The molecule has 1 N–H and O–H groups in total. The van der Waals surface area contributed by atoms with Crippen molar-refractivity contribution in [2.24, 2.45) is 0 Å². The maximum atomic E-state index is 15.2. The molecule has 0 radical (unpaired) electrons. The van der Waals surface area contributed by atoms with Gasteiger partial charge < -0.3 is 9.55 Å². The van der Waals surface area contributed by atoms with E-state index in [1.807, 2.05) is 36.4 Å². The molecule has 3 aromatic heterocycles. The molecule has 174 valence electrons. The number of H-pyrrole nitrogens is 1. The molecule has 0 saturated heterocycles. The molecule has 5 nitrogen and oxygen atoms in total. The Bertz CT molecular complexity index is 1720. The molecule has 1 aliphatic carbocycles. The van der Waals surface area contributed by atoms with Gasteiger partial charge in [0.1, 0.15) is 11.0 Å². The number of aromatic nitrogens is 3. The normalized spacial score (nSPS) is 13.6. The van der Waals surface area contributed by atoms with Crippen LogP contribution in [0.15, 0.2) is 65.6 Å². The second-order valence-electron chi connectivity index (χ2n) is 9.08. The van der Waals surface area contributed by atoms with Crippen LogP contribution in [-0.4, -0.2) is 20.3 Å². The molecule has 0 aliphatic heterocycles. The van der Waals surface area contributed by atoms with Crippen LogP contribution >= 0.6 is 11.6 Å². The van der Waals surface area contributed by atoms with Gasteiger partial charge >= 0.3 is 0 Å². The number of carbonyl (C=O) groups excluding carboxylic acids is 1. The first-order valence-electron chi connectivity index (χ1n) is 11.5. The van der Waals surface area contributed by atoms with Crippen LogP contribution in [0.2, 0.25) is 5.15 Å². The molecular weight excluding hydrogens is 465 g/mol. The van der Waals surface area contributed by atoms with Gasteiger partial charge in [-0.05, 0) is 60.7 Å². The van der Waals surface area contributed by atoms with Gasteiger partial charge in [-0.3, -0.25) is 9.59 Å². The molecule has 0 amide bonds. The number of benzene rings is 2. The third-order valence-electron chi connectivity index (χ3n) is 6.70. The summed E-state index contributed by atoms with van der Waals surface area (Å²) in [6, 6.07) is 16.3. The lowest BCUT2D eigenvalue weighted by atomic mass is 9.99. The fraction of sp³-hybridized carbons (Fsp3) is 0.179. The van der Waals surface area contributed by atoms with Crippen LogP contribution in [-0.2, 0) is 6.54 Å². The van der Waals surface area contributed by atoms with Crippen molar-refractivity contribution in [3.05, 3.63) is 98.9 Å². The highest BCUT2D eigenvalue weighted by Gasteiger charge is 2.30. The molecule has 0 unspecified atom stereocenters. The first-order chi connectivity index (χ1) is 16.9. The number of Topliss-reactive ketones (excluding diaryl/α,β-unsaturated/α-hetero) is 1. The van der Waals surface area contributed by atoms with Crippen molar-refractivity contribution in [1.29, 1.82) is 0 Å². The second kappa shape index (κ2) is 8.17. The van der Waals surface area contributed by atoms with E-state index in [9.17, 15) is 9.59 Å². The number of aromatic amines is 1. The minimum atomic E-state index is -0.309. The Balaban J connectivity index is 1.66. The molecule has 0 spiro atoms. The Morgan fingerprint density at radius 1 is 1.17 bits per heavy atom. The lowest BCUT2D eigenvalue weighted by molar-refractivity contribution is 0.101. The van der Waals surface area contributed by atoms with E-state index >= 15 is 4.39 Å². The summed E-state index contributed by atoms with van der Waals surface area (Å²) in [6.45, 7) is 1.67. The third-order valence-corrected chi connectivity index (χ3v) is 7.03. The number of hydrogen-bond donors (Lipinski definition) is 1. The van der Waals surface area contributed by atoms with Crippen molar-refractivity contribution < 1.29 is 9.18 Å². The molecule has 3 heterocycles. The molecule has 1 saturated carbocycles. The highest BCUT2D eigenvalue weighted by atomic mass is 35.5. The average Bonchev–Trinajstić information content (AvgIpc) is 3.63. The third kappa shape index (κ3) is 3.65. The van der Waals surface area contributed by atoms with E-state index in [1.165, 1.54) is 13.0 Å². The van der Waals surface area contributed by atoms with Gasteiger partial charge in [0, 0.05) is 40.6 Å². The Hall–Kier alpha value is -3.77. The van der Waals surface area contributed by atoms with Gasteiger partial charge in [-0.15, -0.1) is 0 Å². The van der Waals surface area contributed by atoms with Gasteiger partial charge in [0.25, 0.3) is 5.56 Å². The number of hydrogen-bond acceptors (Lipinski definition) is 3. The number of para-hydroxylation sites is 1. The summed E-state index contributed by atoms with van der Waals surface area (Å²) < 4.78 is 17.0. The van der Waals surface area contributed by atoms with Crippen LogP contribution in [0.5, 0.6) is 0 Å². The zero-order valence-corrected chi connectivity index (χ0v) is 19.7. The predicted octanol–water partition coefficient (Wildman–Crippen LogP) is 6.47. The summed E-state index contributed by atoms with van der Waals surface area (Å²) in [5.74, 6) is -0.354. The lowest BCUT2D eigenvalue weighted by Gasteiger charge is -2.12. The lowest BCUT2D eigenvalue weighted by Crippen LogP contribution is -2.12. The predicted molar refractivity (Wildman–Crippen MR) is 136 cm³/mol. The van der Waals surface area contributed by atoms with Gasteiger partial charge in [0.15, 0.2) is 5.78 Å². The Kier molecular flexibility index (Phi) is 5.07. The fourth-order valence-electron chi connectivity index (χ4n) is 4.93. The highest BCUT2D eigenvalue weighted by Crippen LogP contribution is 2.44. The quantitative estimate of drug-likeness (QED) is 0.229. The van der Waals surface area contributed by atoms with E-state index in [2.05, 4.69) is 9.97 Å². The van der Waals surface area contributed by atoms with Crippen molar-refractivity contribution in [2.45, 2.75) is 32.2 Å². The number of carbonyl (C=O) groups is 1. The van der Waals surface area contributed by atoms with Crippen molar-refractivity contribution in [2.75, 3.05) is 0 Å². The maximum absolute atomic E-state index is 15.2. The van der Waals surface area contributed by atoms with Crippen LogP contribution in [0.3, 0.4) is 0 Å². The van der Waals surface area contributed by atoms with E-state index in [4.69, 9.17) is 11.6 Å². The first-order valence-corrected chi connectivity index (χ1v) is 11.9. The number of halogens is 2. The molecule has 2 aromatic carbocycles. The molecular formula is C28H21ClFN3O2. The largest absolute Gasteiger partial charge is 0.333 e. The number of fused-ring (bicyclic) bond motifs is 2. The molecule has 0 atom stereocenters. The number of nitrogens with one attached hydrogen (secondary N) is 1. The molecule has 7 heteroatoms. The number of rotatable bonds is 5. The van der Waals surface area contributed by atoms with Crippen LogP contribution < -0.4 is 5.56 Å². The Labute approximate surface area is 205 Å². The minimum absolute atomic E-state index is 0.171. The minimum Gasteiger partial charge on any atom is -0.333 e. The number of pyridine rings is 2. The van der Waals surface area contributed by atoms with E-state index in [0.717, 1.165) is 23.7 Å². The van der Waals surface area contributed by atoms with Gasteiger partial charge in [-0.1, -0.05) is 29.8 Å². The van der Waals surface area contributed by atoms with E-state index < -0.39 is 0 Å². The van der Waals surface area contributed by atoms with Crippen molar-refractivity contribution in [1.82, 2.24) is 14.5 Å². The van der Waals surface area contributed by atoms with Gasteiger partial charge in [-0.2, -0.15) is 0 Å². The maximum Gasteiger partial charge on any atom is 0.255 e. The summed E-state index contributed by atoms with van der Waals surface area (Å²) in [4.78, 5) is 33.1. The van der Waals surface area contributed by atoms with Gasteiger partial charge in [-0.25, -0.2) is 9.37 Å². The zero-order chi connectivity index (χ0) is 24.3. The number of ketones is 1. The molecule has 1 fully saturated rings. The molecule has 1 aliphatic rings. The second-order valence-corrected chi connectivity index (χ2v) is 9.43. The van der Waals surface area contributed by atoms with Crippen LogP contribution in [0.25, 0.3) is 32.9 Å². The highest BCUT2D eigenvalue weighted by molar-refractivity contribution is 6.30. The summed E-state index contributed by atoms with van der Waals surface area (Å²) in [6.07, 6.45) is 3.42. The van der Waals surface area contributed by atoms with Gasteiger partial charge in [0.2, 0.25) is 0 Å². The van der Waals surface area contributed by atoms with Crippen molar-refractivity contribution in [3.8, 4) is 11.1 Å². The SMILES string of the molecule is CC(=O)c1c(-c2ccc[nH]c2=O)c2cc(C3CC3)c(F)cc2n1Cc1cc2ccccc2nc1Cl. The summed E-state index contributed by atoms with van der Waals surface area (Å²) in [5.41, 5.74) is 3.55. The Morgan fingerprint density at radius 2 is 1.97 bits per heavy atom. The van der Waals surface area contributed by atoms with Crippen LogP contribution in [0.1, 0.15) is 47.3 Å². The summed E-state index contributed by atoms with van der Waals surface area (Å²) in [5, 5.41) is 1.91. The van der Waals surface area contributed by atoms with Gasteiger partial charge in [0.05, 0.1) is 23.3 Å². The zero-order valence-electron chi connectivity index (χ0n) is 18.9. The van der Waals surface area contributed by atoms with Crippen LogP contribution in [0.4, 0.5) is 4.39 Å². The van der Waals surface area contributed by atoms with E-state index in [-0.39, 0.29) is 29.6 Å². The summed E-state index contributed by atoms with van der Waals surface area (Å²) >= 11 is 6.55. The van der Waals surface area contributed by atoms with Crippen LogP contribution in [0, 0.1) is 5.82 Å². The molecule has 5 aromatic rings. The average molecular weight is 486 g/mol. The molecule has 0 bridgehead atoms. The topological polar surface area (TPSA) is 67.8 Å². The smallest absolute Gasteiger partial charge is 0.255 e. The standard InChI is InChI=1S/C28H21ClFN3O2/c1-15(34)26-25(19-6-4-10-31-28(19)35)21-12-20(16-8-9-16)22(30)13-24(21)33(26)14-18-11-17-5-2-3-7-23(17)32-27(18)29/h2-7,10-13,16H,8-9,14H2,1H3,(H,31,35). The molecule has 35 heavy (non-hydrogen) atoms. The first kappa shape index (κ1) is 21.7. The Morgan fingerprint density at radius 3 is 2.71 bits per heavy atom. The summed E-state index contributed by atoms with van der Waals surface area (Å²) in [7, 11) is 0. The molecule has 6 rings (SSSR count). The number of nitrogens with zero attached hydrogens (tertiary/aromatic N) is 2.